The van der Waals surface area contributed by atoms with Crippen LogP contribution in [0.15, 0.2) is 48.0 Å². The first-order chi connectivity index (χ1) is 15.5. The molecule has 2 aromatic carbocycles. The zero-order valence-electron chi connectivity index (χ0n) is 18.6. The van der Waals surface area contributed by atoms with Crippen molar-refractivity contribution in [2.45, 2.75) is 13.0 Å². The summed E-state index contributed by atoms with van der Waals surface area (Å²) < 4.78 is 21.5. The van der Waals surface area contributed by atoms with Crippen LogP contribution in [0.1, 0.15) is 24.1 Å². The van der Waals surface area contributed by atoms with Crippen molar-refractivity contribution in [1.82, 2.24) is 4.90 Å². The zero-order valence-corrected chi connectivity index (χ0v) is 18.6. The highest BCUT2D eigenvalue weighted by molar-refractivity contribution is 6.46. The maximum atomic E-state index is 13.1. The Morgan fingerprint density at radius 3 is 2.38 bits per heavy atom. The second-order valence-electron chi connectivity index (χ2n) is 7.03. The highest BCUT2D eigenvalue weighted by atomic mass is 16.5. The summed E-state index contributed by atoms with van der Waals surface area (Å²) in [5.74, 6) is -0.409. The van der Waals surface area contributed by atoms with Gasteiger partial charge in [-0.15, -0.1) is 0 Å². The lowest BCUT2D eigenvalue weighted by molar-refractivity contribution is -0.140. The number of para-hydroxylation sites is 1. The van der Waals surface area contributed by atoms with Crippen molar-refractivity contribution < 1.29 is 33.6 Å². The Hall–Kier alpha value is -3.52. The van der Waals surface area contributed by atoms with Gasteiger partial charge in [0, 0.05) is 13.7 Å². The van der Waals surface area contributed by atoms with E-state index in [1.165, 1.54) is 26.2 Å². The molecule has 1 aliphatic heterocycles. The van der Waals surface area contributed by atoms with E-state index in [4.69, 9.17) is 18.9 Å². The molecule has 1 N–H and O–H groups in total. The number of ether oxygens (including phenoxy) is 4. The number of likely N-dealkylation sites (tertiary alicyclic amines) is 1. The van der Waals surface area contributed by atoms with Gasteiger partial charge < -0.3 is 29.0 Å². The van der Waals surface area contributed by atoms with E-state index in [9.17, 15) is 14.7 Å². The van der Waals surface area contributed by atoms with Gasteiger partial charge in [0.2, 0.25) is 0 Å². The van der Waals surface area contributed by atoms with Gasteiger partial charge in [0.15, 0.2) is 11.5 Å². The van der Waals surface area contributed by atoms with Crippen LogP contribution in [0.2, 0.25) is 0 Å². The largest absolute Gasteiger partial charge is 0.507 e. The first kappa shape index (κ1) is 23.1. The standard InChI is InChI=1S/C24H27NO7/c1-5-32-19-14-15(10-11-18(19)31-4)21-20(23(27)24(28)25(21)12-13-29-2)22(26)16-8-6-7-9-17(16)30-3/h6-11,14,21,26H,5,12-13H2,1-4H3/b22-20-. The molecule has 0 saturated carbocycles. The summed E-state index contributed by atoms with van der Waals surface area (Å²) in [5, 5.41) is 11.2. The molecule has 0 aromatic heterocycles. The SMILES string of the molecule is CCOc1cc(C2/C(=C(/O)c3ccccc3OC)C(=O)C(=O)N2CCOC)ccc1OC. The lowest BCUT2D eigenvalue weighted by atomic mass is 9.94. The molecule has 1 atom stereocenters. The second kappa shape index (κ2) is 10.2. The van der Waals surface area contributed by atoms with Gasteiger partial charge in [0.05, 0.1) is 44.6 Å². The van der Waals surface area contributed by atoms with Gasteiger partial charge in [0.1, 0.15) is 11.5 Å². The van der Waals surface area contributed by atoms with E-state index >= 15 is 0 Å². The van der Waals surface area contributed by atoms with E-state index in [1.807, 2.05) is 6.92 Å². The molecular formula is C24H27NO7. The number of rotatable bonds is 9. The van der Waals surface area contributed by atoms with Crippen LogP contribution in [0.5, 0.6) is 17.2 Å². The summed E-state index contributed by atoms with van der Waals surface area (Å²) in [6, 6.07) is 11.1. The molecule has 1 unspecified atom stereocenters. The molecule has 1 saturated heterocycles. The highest BCUT2D eigenvalue weighted by Gasteiger charge is 2.46. The fourth-order valence-electron chi connectivity index (χ4n) is 3.76. The van der Waals surface area contributed by atoms with Crippen molar-refractivity contribution in [1.29, 1.82) is 0 Å². The fraction of sp³-hybridized carbons (Fsp3) is 0.333. The van der Waals surface area contributed by atoms with Crippen LogP contribution >= 0.6 is 0 Å². The van der Waals surface area contributed by atoms with Crippen molar-refractivity contribution in [3.63, 3.8) is 0 Å². The van der Waals surface area contributed by atoms with E-state index in [-0.39, 0.29) is 24.5 Å². The molecule has 8 nitrogen and oxygen atoms in total. The molecule has 1 fully saturated rings. The van der Waals surface area contributed by atoms with Crippen LogP contribution in [0, 0.1) is 0 Å². The number of aliphatic hydroxyl groups is 1. The van der Waals surface area contributed by atoms with Gasteiger partial charge in [0.25, 0.3) is 11.7 Å². The number of hydrogen-bond donors (Lipinski definition) is 1. The molecule has 2 aromatic rings. The van der Waals surface area contributed by atoms with Crippen LogP contribution in [-0.4, -0.2) is 62.8 Å². The molecule has 0 aliphatic carbocycles. The van der Waals surface area contributed by atoms with E-state index in [2.05, 4.69) is 0 Å². The van der Waals surface area contributed by atoms with Crippen LogP contribution < -0.4 is 14.2 Å². The molecule has 0 bridgehead atoms. The summed E-state index contributed by atoms with van der Waals surface area (Å²) in [4.78, 5) is 27.4. The molecule has 170 valence electrons. The third kappa shape index (κ3) is 4.27. The molecule has 1 aliphatic rings. The topological polar surface area (TPSA) is 94.5 Å². The third-order valence-corrected chi connectivity index (χ3v) is 5.24. The Morgan fingerprint density at radius 2 is 1.72 bits per heavy atom. The van der Waals surface area contributed by atoms with Crippen LogP contribution in [0.4, 0.5) is 0 Å². The molecular weight excluding hydrogens is 414 g/mol. The summed E-state index contributed by atoms with van der Waals surface area (Å²) in [7, 11) is 4.52. The van der Waals surface area contributed by atoms with Crippen LogP contribution in [0.3, 0.4) is 0 Å². The Morgan fingerprint density at radius 1 is 1.00 bits per heavy atom. The number of carbonyl (C=O) groups excluding carboxylic acids is 2. The zero-order chi connectivity index (χ0) is 23.3. The maximum absolute atomic E-state index is 13.1. The quantitative estimate of drug-likeness (QED) is 0.363. The van der Waals surface area contributed by atoms with Gasteiger partial charge in [-0.3, -0.25) is 9.59 Å². The fourth-order valence-corrected chi connectivity index (χ4v) is 3.76. The van der Waals surface area contributed by atoms with Gasteiger partial charge in [-0.1, -0.05) is 18.2 Å². The van der Waals surface area contributed by atoms with Crippen LogP contribution in [0.25, 0.3) is 5.76 Å². The minimum atomic E-state index is -0.833. The smallest absolute Gasteiger partial charge is 0.295 e. The van der Waals surface area contributed by atoms with E-state index in [0.717, 1.165) is 0 Å². The molecule has 3 rings (SSSR count). The van der Waals surface area contributed by atoms with Gasteiger partial charge >= 0.3 is 0 Å². The maximum Gasteiger partial charge on any atom is 0.295 e. The molecule has 0 spiro atoms. The van der Waals surface area contributed by atoms with Gasteiger partial charge in [-0.2, -0.15) is 0 Å². The number of hydrogen-bond acceptors (Lipinski definition) is 7. The number of aliphatic hydroxyl groups excluding tert-OH is 1. The number of Topliss-reactive ketones (excluding diaryl/α,β-unsaturated/α-hetero) is 1. The number of benzene rings is 2. The normalized spacial score (nSPS) is 17.5. The first-order valence-electron chi connectivity index (χ1n) is 10.2. The molecule has 8 heteroatoms. The lowest BCUT2D eigenvalue weighted by Gasteiger charge is -2.26. The average molecular weight is 441 g/mol. The van der Waals surface area contributed by atoms with Crippen molar-refractivity contribution >= 4 is 17.4 Å². The van der Waals surface area contributed by atoms with E-state index in [0.29, 0.717) is 35.0 Å². The van der Waals surface area contributed by atoms with Crippen molar-refractivity contribution in [2.24, 2.45) is 0 Å². The molecule has 1 amide bonds. The van der Waals surface area contributed by atoms with Crippen molar-refractivity contribution in [3.8, 4) is 17.2 Å². The van der Waals surface area contributed by atoms with Crippen molar-refractivity contribution in [2.75, 3.05) is 41.1 Å². The average Bonchev–Trinajstić information content (AvgIpc) is 3.07. The number of methoxy groups -OCH3 is 3. The molecule has 32 heavy (non-hydrogen) atoms. The summed E-state index contributed by atoms with van der Waals surface area (Å²) in [6.45, 7) is 2.65. The predicted molar refractivity (Wildman–Crippen MR) is 118 cm³/mol. The Labute approximate surface area is 187 Å². The minimum absolute atomic E-state index is 0.0248. The first-order valence-corrected chi connectivity index (χ1v) is 10.2. The number of ketones is 1. The van der Waals surface area contributed by atoms with E-state index in [1.54, 1.807) is 42.5 Å². The summed E-state index contributed by atoms with van der Waals surface area (Å²) in [6.07, 6.45) is 0. The van der Waals surface area contributed by atoms with E-state index < -0.39 is 17.7 Å². The Kier molecular flexibility index (Phi) is 7.37. The number of amides is 1. The van der Waals surface area contributed by atoms with Crippen molar-refractivity contribution in [3.05, 3.63) is 59.2 Å². The third-order valence-electron chi connectivity index (χ3n) is 5.24. The van der Waals surface area contributed by atoms with Gasteiger partial charge in [-0.25, -0.2) is 0 Å². The molecule has 1 heterocycles. The minimum Gasteiger partial charge on any atom is -0.507 e. The number of carbonyl (C=O) groups is 2. The Bertz CT molecular complexity index is 1030. The monoisotopic (exact) mass is 441 g/mol. The highest BCUT2D eigenvalue weighted by Crippen LogP contribution is 2.42. The lowest BCUT2D eigenvalue weighted by Crippen LogP contribution is -2.32. The second-order valence-corrected chi connectivity index (χ2v) is 7.03. The van der Waals surface area contributed by atoms with Gasteiger partial charge in [-0.05, 0) is 36.8 Å². The summed E-state index contributed by atoms with van der Waals surface area (Å²) in [5.41, 5.74) is 0.896. The van der Waals surface area contributed by atoms with Crippen LogP contribution in [-0.2, 0) is 14.3 Å². The summed E-state index contributed by atoms with van der Waals surface area (Å²) >= 11 is 0. The predicted octanol–water partition coefficient (Wildman–Crippen LogP) is 3.17. The Balaban J connectivity index is 2.22. The molecule has 0 radical (unpaired) electrons. The number of nitrogens with zero attached hydrogens (tertiary/aromatic N) is 1.